The molecular formula is C24H25N3O4S. The summed E-state index contributed by atoms with van der Waals surface area (Å²) in [6.07, 6.45) is 0. The number of sulfonamides is 1. The predicted molar refractivity (Wildman–Crippen MR) is 126 cm³/mol. The van der Waals surface area contributed by atoms with Gasteiger partial charge in [0.05, 0.1) is 10.6 Å². The van der Waals surface area contributed by atoms with Crippen molar-refractivity contribution in [1.82, 2.24) is 4.31 Å². The Kier molecular flexibility index (Phi) is 5.75. The lowest BCUT2D eigenvalue weighted by atomic mass is 10.1. The first-order valence-electron chi connectivity index (χ1n) is 10.5. The maximum absolute atomic E-state index is 13.2. The topological polar surface area (TPSA) is 86.8 Å². The molecule has 2 amide bonds. The molecule has 3 aromatic carbocycles. The van der Waals surface area contributed by atoms with Gasteiger partial charge in [0.1, 0.15) is 6.54 Å². The lowest BCUT2D eigenvalue weighted by molar-refractivity contribution is -0.114. The van der Waals surface area contributed by atoms with Crippen LogP contribution in [0.1, 0.15) is 29.8 Å². The van der Waals surface area contributed by atoms with E-state index in [9.17, 15) is 18.0 Å². The number of nitrogens with one attached hydrogen (secondary N) is 1. The average Bonchev–Trinajstić information content (AvgIpc) is 3.03. The van der Waals surface area contributed by atoms with Gasteiger partial charge in [0.2, 0.25) is 15.9 Å². The summed E-state index contributed by atoms with van der Waals surface area (Å²) in [5, 5.41) is 3.86. The Bertz CT molecular complexity index is 1310. The van der Waals surface area contributed by atoms with Crippen LogP contribution in [0.4, 0.5) is 11.4 Å². The van der Waals surface area contributed by atoms with Crippen molar-refractivity contribution in [2.24, 2.45) is 0 Å². The molecule has 0 saturated heterocycles. The van der Waals surface area contributed by atoms with Crippen molar-refractivity contribution in [3.63, 3.8) is 0 Å². The van der Waals surface area contributed by atoms with Crippen molar-refractivity contribution in [3.05, 3.63) is 65.7 Å². The van der Waals surface area contributed by atoms with Gasteiger partial charge in [0.15, 0.2) is 0 Å². The highest BCUT2D eigenvalue weighted by Gasteiger charge is 2.34. The molecule has 0 radical (unpaired) electrons. The largest absolute Gasteiger partial charge is 0.325 e. The zero-order valence-electron chi connectivity index (χ0n) is 18.3. The van der Waals surface area contributed by atoms with Crippen LogP contribution in [-0.4, -0.2) is 44.2 Å². The first kappa shape index (κ1) is 22.0. The van der Waals surface area contributed by atoms with Gasteiger partial charge in [-0.1, -0.05) is 43.7 Å². The molecule has 3 aromatic rings. The molecule has 8 heteroatoms. The van der Waals surface area contributed by atoms with Gasteiger partial charge in [-0.3, -0.25) is 14.5 Å². The Morgan fingerprint density at radius 2 is 1.69 bits per heavy atom. The van der Waals surface area contributed by atoms with Crippen molar-refractivity contribution in [1.29, 1.82) is 0 Å². The minimum absolute atomic E-state index is 0.167. The third kappa shape index (κ3) is 3.65. The maximum atomic E-state index is 13.2. The number of benzene rings is 3. The lowest BCUT2D eigenvalue weighted by Crippen LogP contribution is -2.35. The van der Waals surface area contributed by atoms with Gasteiger partial charge in [0, 0.05) is 35.1 Å². The molecule has 0 unspecified atom stereocenters. The quantitative estimate of drug-likeness (QED) is 0.592. The van der Waals surface area contributed by atoms with E-state index in [1.165, 1.54) is 15.3 Å². The Balaban J connectivity index is 1.71. The van der Waals surface area contributed by atoms with Gasteiger partial charge in [-0.05, 0) is 37.3 Å². The summed E-state index contributed by atoms with van der Waals surface area (Å²) >= 11 is 0. The standard InChI is InChI=1S/C24H25N3O4S/c1-4-26(5-2)32(30,31)21-14-13-20-23-18(21)7-6-8-19(23)24(29)27(20)15-22(28)25-17-11-9-16(3)10-12-17/h6-14H,4-5,15H2,1-3H3,(H,25,28). The van der Waals surface area contributed by atoms with E-state index in [1.54, 1.807) is 50.2 Å². The molecular weight excluding hydrogens is 426 g/mol. The van der Waals surface area contributed by atoms with Crippen molar-refractivity contribution >= 4 is 44.0 Å². The van der Waals surface area contributed by atoms with Gasteiger partial charge < -0.3 is 5.32 Å². The Hall–Kier alpha value is -3.23. The SMILES string of the molecule is CCN(CC)S(=O)(=O)c1ccc2c3c(cccc13)C(=O)N2CC(=O)Nc1ccc(C)cc1. The Morgan fingerprint density at radius 3 is 2.34 bits per heavy atom. The van der Waals surface area contributed by atoms with Gasteiger partial charge in [-0.2, -0.15) is 4.31 Å². The van der Waals surface area contributed by atoms with Gasteiger partial charge in [-0.25, -0.2) is 8.42 Å². The smallest absolute Gasteiger partial charge is 0.259 e. The van der Waals surface area contributed by atoms with Crippen LogP contribution in [0.5, 0.6) is 0 Å². The number of aryl methyl sites for hydroxylation is 1. The fourth-order valence-electron chi connectivity index (χ4n) is 4.08. The molecule has 4 rings (SSSR count). The molecule has 0 spiro atoms. The van der Waals surface area contributed by atoms with Crippen molar-refractivity contribution < 1.29 is 18.0 Å². The lowest BCUT2D eigenvalue weighted by Gasteiger charge is -2.21. The zero-order chi connectivity index (χ0) is 23.0. The summed E-state index contributed by atoms with van der Waals surface area (Å²) in [5.41, 5.74) is 2.67. The number of carbonyl (C=O) groups excluding carboxylic acids is 2. The minimum Gasteiger partial charge on any atom is -0.325 e. The maximum Gasteiger partial charge on any atom is 0.259 e. The van der Waals surface area contributed by atoms with E-state index in [2.05, 4.69) is 5.32 Å². The normalized spacial score (nSPS) is 13.2. The predicted octanol–water partition coefficient (Wildman–Crippen LogP) is 3.78. The van der Waals surface area contributed by atoms with Crippen molar-refractivity contribution in [2.75, 3.05) is 29.9 Å². The van der Waals surface area contributed by atoms with Gasteiger partial charge in [0.25, 0.3) is 5.91 Å². The molecule has 7 nitrogen and oxygen atoms in total. The van der Waals surface area contributed by atoms with E-state index >= 15 is 0 Å². The average molecular weight is 452 g/mol. The van der Waals surface area contributed by atoms with E-state index in [4.69, 9.17) is 0 Å². The van der Waals surface area contributed by atoms with Crippen LogP contribution < -0.4 is 10.2 Å². The molecule has 1 heterocycles. The number of rotatable bonds is 7. The highest BCUT2D eigenvalue weighted by atomic mass is 32.2. The number of nitrogens with zero attached hydrogens (tertiary/aromatic N) is 2. The first-order chi connectivity index (χ1) is 15.3. The number of hydrogen-bond acceptors (Lipinski definition) is 4. The summed E-state index contributed by atoms with van der Waals surface area (Å²) in [5.74, 6) is -0.648. The van der Waals surface area contributed by atoms with Crippen LogP contribution >= 0.6 is 0 Å². The molecule has 166 valence electrons. The highest BCUT2D eigenvalue weighted by Crippen LogP contribution is 2.40. The van der Waals surface area contributed by atoms with E-state index in [-0.39, 0.29) is 23.3 Å². The van der Waals surface area contributed by atoms with Crippen LogP contribution in [0.3, 0.4) is 0 Å². The van der Waals surface area contributed by atoms with E-state index in [1.807, 2.05) is 19.1 Å². The highest BCUT2D eigenvalue weighted by molar-refractivity contribution is 7.89. The zero-order valence-corrected chi connectivity index (χ0v) is 19.1. The third-order valence-electron chi connectivity index (χ3n) is 5.71. The molecule has 0 fully saturated rings. The fourth-order valence-corrected chi connectivity index (χ4v) is 5.73. The number of hydrogen-bond donors (Lipinski definition) is 1. The molecule has 0 bridgehead atoms. The van der Waals surface area contributed by atoms with E-state index in [0.29, 0.717) is 40.8 Å². The first-order valence-corrected chi connectivity index (χ1v) is 12.0. The molecule has 0 aromatic heterocycles. The summed E-state index contributed by atoms with van der Waals surface area (Å²) < 4.78 is 27.8. The van der Waals surface area contributed by atoms with Crippen molar-refractivity contribution in [2.45, 2.75) is 25.7 Å². The molecule has 32 heavy (non-hydrogen) atoms. The van der Waals surface area contributed by atoms with Crippen LogP contribution in [0, 0.1) is 6.92 Å². The summed E-state index contributed by atoms with van der Waals surface area (Å²) in [6.45, 7) is 6.08. The van der Waals surface area contributed by atoms with E-state index in [0.717, 1.165) is 5.56 Å². The summed E-state index contributed by atoms with van der Waals surface area (Å²) in [4.78, 5) is 27.3. The summed E-state index contributed by atoms with van der Waals surface area (Å²) in [6, 6.07) is 15.6. The van der Waals surface area contributed by atoms with Crippen molar-refractivity contribution in [3.8, 4) is 0 Å². The molecule has 1 aliphatic rings. The Labute approximate surface area is 187 Å². The summed E-state index contributed by atoms with van der Waals surface area (Å²) in [7, 11) is -3.71. The molecule has 0 aliphatic carbocycles. The second-order valence-electron chi connectivity index (χ2n) is 7.71. The third-order valence-corrected chi connectivity index (χ3v) is 7.81. The van der Waals surface area contributed by atoms with Crippen LogP contribution in [0.2, 0.25) is 0 Å². The number of amides is 2. The molecule has 0 saturated carbocycles. The molecule has 1 aliphatic heterocycles. The second kappa shape index (κ2) is 8.37. The number of anilines is 2. The fraction of sp³-hybridized carbons (Fsp3) is 0.250. The number of carbonyl (C=O) groups is 2. The minimum atomic E-state index is -3.71. The molecule has 0 atom stereocenters. The van der Waals surface area contributed by atoms with Gasteiger partial charge in [-0.15, -0.1) is 0 Å². The monoisotopic (exact) mass is 451 g/mol. The Morgan fingerprint density at radius 1 is 1.00 bits per heavy atom. The van der Waals surface area contributed by atoms with Crippen LogP contribution in [0.15, 0.2) is 59.5 Å². The van der Waals surface area contributed by atoms with Gasteiger partial charge >= 0.3 is 0 Å². The second-order valence-corrected chi connectivity index (χ2v) is 9.61. The molecule has 1 N–H and O–H groups in total. The van der Waals surface area contributed by atoms with Crippen LogP contribution in [0.25, 0.3) is 10.8 Å². The van der Waals surface area contributed by atoms with Crippen LogP contribution in [-0.2, 0) is 14.8 Å². The van der Waals surface area contributed by atoms with E-state index < -0.39 is 10.0 Å².